The first-order valence-corrected chi connectivity index (χ1v) is 5.46. The average molecular weight is 231 g/mol. The molecule has 0 atom stereocenters. The zero-order valence-corrected chi connectivity index (χ0v) is 9.90. The van der Waals surface area contributed by atoms with Gasteiger partial charge in [-0.2, -0.15) is 4.39 Å². The molecule has 2 aromatic rings. The fraction of sp³-hybridized carbons (Fsp3) is 0.214. The molecule has 0 aliphatic carbocycles. The summed E-state index contributed by atoms with van der Waals surface area (Å²) in [6.45, 7) is 4.58. The van der Waals surface area contributed by atoms with Crippen LogP contribution >= 0.6 is 0 Å². The van der Waals surface area contributed by atoms with Crippen LogP contribution in [0.3, 0.4) is 0 Å². The Kier molecular flexibility index (Phi) is 3.38. The van der Waals surface area contributed by atoms with E-state index in [0.29, 0.717) is 12.4 Å². The minimum absolute atomic E-state index is 0.478. The van der Waals surface area contributed by atoms with Gasteiger partial charge in [-0.15, -0.1) is 0 Å². The quantitative estimate of drug-likeness (QED) is 0.755. The Balaban J connectivity index is 2.10. The Morgan fingerprint density at radius 2 is 1.82 bits per heavy atom. The zero-order valence-electron chi connectivity index (χ0n) is 9.90. The number of benzene rings is 1. The summed E-state index contributed by atoms with van der Waals surface area (Å²) in [6.07, 6.45) is 1.39. The van der Waals surface area contributed by atoms with Crippen LogP contribution in [0.4, 0.5) is 4.39 Å². The van der Waals surface area contributed by atoms with Crippen LogP contribution in [-0.2, 0) is 6.61 Å². The van der Waals surface area contributed by atoms with Gasteiger partial charge in [-0.1, -0.05) is 18.2 Å². The summed E-state index contributed by atoms with van der Waals surface area (Å²) >= 11 is 0. The number of hydrogen-bond acceptors (Lipinski definition) is 2. The highest BCUT2D eigenvalue weighted by molar-refractivity contribution is 5.33. The molecule has 88 valence electrons. The number of ether oxygens (including phenoxy) is 1. The fourth-order valence-corrected chi connectivity index (χ4v) is 1.68. The van der Waals surface area contributed by atoms with Crippen molar-refractivity contribution in [3.63, 3.8) is 0 Å². The lowest BCUT2D eigenvalue weighted by atomic mass is 10.0. The van der Waals surface area contributed by atoms with E-state index in [4.69, 9.17) is 4.74 Å². The molecule has 0 N–H and O–H groups in total. The molecule has 2 rings (SSSR count). The number of halogens is 1. The number of pyridine rings is 1. The number of aromatic nitrogens is 1. The van der Waals surface area contributed by atoms with Gasteiger partial charge in [-0.3, -0.25) is 0 Å². The maximum Gasteiger partial charge on any atom is 0.213 e. The Hall–Kier alpha value is -1.90. The minimum Gasteiger partial charge on any atom is -0.487 e. The second-order valence-corrected chi connectivity index (χ2v) is 3.98. The molecule has 0 radical (unpaired) electrons. The van der Waals surface area contributed by atoms with E-state index in [2.05, 4.69) is 31.0 Å². The van der Waals surface area contributed by atoms with E-state index in [0.717, 1.165) is 5.56 Å². The van der Waals surface area contributed by atoms with Crippen LogP contribution in [0.1, 0.15) is 16.7 Å². The molecular formula is C14H14FNO. The summed E-state index contributed by atoms with van der Waals surface area (Å²) in [5.74, 6) is 0.0819. The number of nitrogens with zero attached hydrogens (tertiary/aromatic N) is 1. The number of aryl methyl sites for hydroxylation is 2. The molecule has 0 amide bonds. The van der Waals surface area contributed by atoms with Crippen LogP contribution in [0, 0.1) is 19.8 Å². The van der Waals surface area contributed by atoms with Crippen molar-refractivity contribution in [1.82, 2.24) is 4.98 Å². The van der Waals surface area contributed by atoms with Crippen LogP contribution in [-0.4, -0.2) is 4.98 Å². The average Bonchev–Trinajstić information content (AvgIpc) is 2.31. The molecule has 0 spiro atoms. The Labute approximate surface area is 100 Å². The first kappa shape index (κ1) is 11.6. The first-order valence-electron chi connectivity index (χ1n) is 5.46. The summed E-state index contributed by atoms with van der Waals surface area (Å²) in [5.41, 5.74) is 3.55. The van der Waals surface area contributed by atoms with Gasteiger partial charge in [0.1, 0.15) is 12.4 Å². The van der Waals surface area contributed by atoms with Gasteiger partial charge in [-0.25, -0.2) is 4.98 Å². The van der Waals surface area contributed by atoms with Gasteiger partial charge in [0.25, 0.3) is 0 Å². The highest BCUT2D eigenvalue weighted by atomic mass is 19.1. The number of hydrogen-bond donors (Lipinski definition) is 0. The zero-order chi connectivity index (χ0) is 12.3. The van der Waals surface area contributed by atoms with Gasteiger partial charge in [0.2, 0.25) is 5.95 Å². The van der Waals surface area contributed by atoms with Crippen molar-refractivity contribution in [2.24, 2.45) is 0 Å². The minimum atomic E-state index is -0.496. The van der Waals surface area contributed by atoms with E-state index in [9.17, 15) is 4.39 Å². The van der Waals surface area contributed by atoms with Gasteiger partial charge in [0, 0.05) is 0 Å². The molecule has 0 aliphatic heterocycles. The molecule has 0 bridgehead atoms. The highest BCUT2D eigenvalue weighted by Gasteiger charge is 2.03. The predicted octanol–water partition coefficient (Wildman–Crippen LogP) is 3.42. The number of rotatable bonds is 3. The normalized spacial score (nSPS) is 10.3. The van der Waals surface area contributed by atoms with Crippen LogP contribution in [0.15, 0.2) is 36.5 Å². The largest absolute Gasteiger partial charge is 0.487 e. The monoisotopic (exact) mass is 231 g/mol. The van der Waals surface area contributed by atoms with Crippen molar-refractivity contribution in [3.05, 3.63) is 59.2 Å². The van der Waals surface area contributed by atoms with E-state index in [-0.39, 0.29) is 0 Å². The summed E-state index contributed by atoms with van der Waals surface area (Å²) in [5, 5.41) is 0. The Bertz CT molecular complexity index is 488. The van der Waals surface area contributed by atoms with E-state index in [1.807, 2.05) is 6.07 Å². The van der Waals surface area contributed by atoms with Gasteiger partial charge >= 0.3 is 0 Å². The van der Waals surface area contributed by atoms with Gasteiger partial charge in [0.15, 0.2) is 0 Å². The van der Waals surface area contributed by atoms with Gasteiger partial charge < -0.3 is 4.74 Å². The standard InChI is InChI=1S/C14H14FNO/c1-10-4-3-5-11(2)13(10)9-17-12-6-7-14(15)16-8-12/h3-8H,9H2,1-2H3. The Morgan fingerprint density at radius 1 is 1.12 bits per heavy atom. The smallest absolute Gasteiger partial charge is 0.213 e. The third-order valence-corrected chi connectivity index (χ3v) is 2.73. The van der Waals surface area contributed by atoms with Crippen molar-refractivity contribution in [2.75, 3.05) is 0 Å². The summed E-state index contributed by atoms with van der Waals surface area (Å²) in [7, 11) is 0. The maximum atomic E-state index is 12.6. The molecule has 0 fully saturated rings. The van der Waals surface area contributed by atoms with Crippen molar-refractivity contribution in [2.45, 2.75) is 20.5 Å². The molecule has 1 aromatic carbocycles. The summed E-state index contributed by atoms with van der Waals surface area (Å²) in [4.78, 5) is 3.54. The molecule has 1 heterocycles. The summed E-state index contributed by atoms with van der Waals surface area (Å²) < 4.78 is 18.2. The first-order chi connectivity index (χ1) is 8.16. The van der Waals surface area contributed by atoms with Crippen LogP contribution in [0.5, 0.6) is 5.75 Å². The molecule has 0 unspecified atom stereocenters. The van der Waals surface area contributed by atoms with Crippen molar-refractivity contribution >= 4 is 0 Å². The second-order valence-electron chi connectivity index (χ2n) is 3.98. The molecule has 17 heavy (non-hydrogen) atoms. The van der Waals surface area contributed by atoms with Crippen LogP contribution in [0.2, 0.25) is 0 Å². The van der Waals surface area contributed by atoms with Crippen LogP contribution in [0.25, 0.3) is 0 Å². The van der Waals surface area contributed by atoms with E-state index >= 15 is 0 Å². The molecule has 0 saturated carbocycles. The van der Waals surface area contributed by atoms with Crippen LogP contribution < -0.4 is 4.74 Å². The van der Waals surface area contributed by atoms with Crippen molar-refractivity contribution in [1.29, 1.82) is 0 Å². The molecule has 1 aromatic heterocycles. The lowest BCUT2D eigenvalue weighted by molar-refractivity contribution is 0.302. The topological polar surface area (TPSA) is 22.1 Å². The Morgan fingerprint density at radius 3 is 2.41 bits per heavy atom. The second kappa shape index (κ2) is 4.95. The highest BCUT2D eigenvalue weighted by Crippen LogP contribution is 2.17. The van der Waals surface area contributed by atoms with E-state index in [1.165, 1.54) is 23.4 Å². The molecule has 3 heteroatoms. The third kappa shape index (κ3) is 2.81. The maximum absolute atomic E-state index is 12.6. The SMILES string of the molecule is Cc1cccc(C)c1COc1ccc(F)nc1. The summed E-state index contributed by atoms with van der Waals surface area (Å²) in [6, 6.07) is 8.99. The molecule has 2 nitrogen and oxygen atoms in total. The molecular weight excluding hydrogens is 217 g/mol. The third-order valence-electron chi connectivity index (χ3n) is 2.73. The van der Waals surface area contributed by atoms with E-state index in [1.54, 1.807) is 6.07 Å². The lowest BCUT2D eigenvalue weighted by Crippen LogP contribution is -2.00. The van der Waals surface area contributed by atoms with E-state index < -0.39 is 5.95 Å². The predicted molar refractivity (Wildman–Crippen MR) is 64.4 cm³/mol. The molecule has 0 saturated heterocycles. The van der Waals surface area contributed by atoms with Crippen molar-refractivity contribution < 1.29 is 9.13 Å². The van der Waals surface area contributed by atoms with Gasteiger partial charge in [-0.05, 0) is 42.7 Å². The molecule has 0 aliphatic rings. The lowest BCUT2D eigenvalue weighted by Gasteiger charge is -2.11. The van der Waals surface area contributed by atoms with Crippen molar-refractivity contribution in [3.8, 4) is 5.75 Å². The van der Waals surface area contributed by atoms with Gasteiger partial charge in [0.05, 0.1) is 6.20 Å². The fourth-order valence-electron chi connectivity index (χ4n) is 1.68.